The van der Waals surface area contributed by atoms with E-state index < -0.39 is 18.5 Å². The van der Waals surface area contributed by atoms with Crippen molar-refractivity contribution in [2.24, 2.45) is 0 Å². The molecule has 0 radical (unpaired) electrons. The number of halogens is 2. The minimum absolute atomic E-state index is 0.0328. The number of nitrogens with one attached hydrogen (secondary N) is 2. The Labute approximate surface area is 208 Å². The van der Waals surface area contributed by atoms with E-state index in [1.54, 1.807) is 24.4 Å². The molecule has 2 N–H and O–H groups in total. The minimum Gasteiger partial charge on any atom is -0.493 e. The normalized spacial score (nSPS) is 10.4. The maximum Gasteiger partial charge on any atom is 0.338 e. The number of thiophene rings is 1. The average molecular weight is 524 g/mol. The van der Waals surface area contributed by atoms with E-state index in [2.05, 4.69) is 15.6 Å². The van der Waals surface area contributed by atoms with Gasteiger partial charge in [-0.05, 0) is 36.1 Å². The number of carbonyl (C=O) groups is 3. The van der Waals surface area contributed by atoms with Crippen molar-refractivity contribution in [3.63, 3.8) is 0 Å². The maximum absolute atomic E-state index is 12.6. The van der Waals surface area contributed by atoms with Crippen molar-refractivity contribution >= 4 is 63.8 Å². The molecule has 0 spiro atoms. The molecule has 0 aliphatic heterocycles. The highest BCUT2D eigenvalue weighted by atomic mass is 35.5. The topological polar surface area (TPSA) is 116 Å². The molecule has 0 saturated heterocycles. The zero-order valence-corrected chi connectivity index (χ0v) is 20.6. The van der Waals surface area contributed by atoms with Crippen molar-refractivity contribution in [1.29, 1.82) is 0 Å². The van der Waals surface area contributed by atoms with E-state index >= 15 is 0 Å². The van der Waals surface area contributed by atoms with Crippen LogP contribution < -0.4 is 20.1 Å². The van der Waals surface area contributed by atoms with Gasteiger partial charge in [0.25, 0.3) is 11.8 Å². The Balaban J connectivity index is 1.74. The molecule has 0 saturated carbocycles. The fourth-order valence-corrected chi connectivity index (χ4v) is 3.80. The SMILES string of the molecule is COc1cc(C(=O)OCC(=O)Nc2ncc(Cl)c(C)c2Cl)cc(NC(=O)c2cccs2)c1OC. The van der Waals surface area contributed by atoms with Crippen LogP contribution in [0, 0.1) is 6.92 Å². The molecule has 178 valence electrons. The number of amides is 2. The van der Waals surface area contributed by atoms with E-state index in [1.165, 1.54) is 43.9 Å². The summed E-state index contributed by atoms with van der Waals surface area (Å²) in [6.07, 6.45) is 1.35. The molecule has 2 heterocycles. The minimum atomic E-state index is -0.825. The van der Waals surface area contributed by atoms with Gasteiger partial charge in [0, 0.05) is 6.20 Å². The molecule has 0 atom stereocenters. The molecule has 3 aromatic rings. The fraction of sp³-hybridized carbons (Fsp3) is 0.182. The predicted octanol–water partition coefficient (Wildman–Crippen LogP) is 4.82. The first-order valence-electron chi connectivity index (χ1n) is 9.63. The van der Waals surface area contributed by atoms with Crippen molar-refractivity contribution in [1.82, 2.24) is 4.98 Å². The fourth-order valence-electron chi connectivity index (χ4n) is 2.79. The number of aromatic nitrogens is 1. The molecular formula is C22H19Cl2N3O6S. The van der Waals surface area contributed by atoms with Gasteiger partial charge < -0.3 is 24.8 Å². The molecule has 9 nitrogen and oxygen atoms in total. The summed E-state index contributed by atoms with van der Waals surface area (Å²) in [5.41, 5.74) is 0.780. The monoisotopic (exact) mass is 523 g/mol. The Kier molecular flexibility index (Phi) is 8.32. The first kappa shape index (κ1) is 25.3. The largest absolute Gasteiger partial charge is 0.493 e. The molecule has 1 aromatic carbocycles. The quantitative estimate of drug-likeness (QED) is 0.406. The van der Waals surface area contributed by atoms with Gasteiger partial charge >= 0.3 is 5.97 Å². The van der Waals surface area contributed by atoms with E-state index in [0.29, 0.717) is 15.5 Å². The summed E-state index contributed by atoms with van der Waals surface area (Å²) < 4.78 is 15.7. The van der Waals surface area contributed by atoms with Gasteiger partial charge in [0.1, 0.15) is 0 Å². The molecule has 0 unspecified atom stereocenters. The highest BCUT2D eigenvalue weighted by Crippen LogP contribution is 2.37. The van der Waals surface area contributed by atoms with Crippen LogP contribution in [0.1, 0.15) is 25.6 Å². The van der Waals surface area contributed by atoms with Crippen molar-refractivity contribution in [3.05, 3.63) is 61.9 Å². The lowest BCUT2D eigenvalue weighted by Gasteiger charge is -2.15. The summed E-state index contributed by atoms with van der Waals surface area (Å²) in [4.78, 5) is 41.8. The number of carbonyl (C=O) groups excluding carboxylic acids is 3. The number of anilines is 2. The maximum atomic E-state index is 12.6. The Morgan fingerprint density at radius 1 is 1.12 bits per heavy atom. The molecule has 0 aliphatic rings. The zero-order chi connectivity index (χ0) is 24.8. The van der Waals surface area contributed by atoms with Gasteiger partial charge in [0.2, 0.25) is 0 Å². The third-order valence-electron chi connectivity index (χ3n) is 4.50. The van der Waals surface area contributed by atoms with Crippen LogP contribution in [0.5, 0.6) is 11.5 Å². The van der Waals surface area contributed by atoms with E-state index in [4.69, 9.17) is 37.4 Å². The lowest BCUT2D eigenvalue weighted by Crippen LogP contribution is -2.22. The second-order valence-corrected chi connectivity index (χ2v) is 8.44. The molecule has 2 aromatic heterocycles. The molecule has 2 amide bonds. The lowest BCUT2D eigenvalue weighted by atomic mass is 10.1. The van der Waals surface area contributed by atoms with Gasteiger partial charge in [-0.2, -0.15) is 0 Å². The van der Waals surface area contributed by atoms with Crippen LogP contribution >= 0.6 is 34.5 Å². The number of methoxy groups -OCH3 is 2. The summed E-state index contributed by atoms with van der Waals surface area (Å²) in [5, 5.41) is 7.45. The van der Waals surface area contributed by atoms with Crippen LogP contribution in [-0.4, -0.2) is 43.6 Å². The number of ether oxygens (including phenoxy) is 3. The Hall–Kier alpha value is -3.34. The van der Waals surface area contributed by atoms with Crippen molar-refractivity contribution in [2.75, 3.05) is 31.5 Å². The average Bonchev–Trinajstić information content (AvgIpc) is 3.37. The molecule has 0 fully saturated rings. The third kappa shape index (κ3) is 5.77. The highest BCUT2D eigenvalue weighted by molar-refractivity contribution is 7.12. The third-order valence-corrected chi connectivity index (χ3v) is 6.21. The number of benzene rings is 1. The second kappa shape index (κ2) is 11.2. The van der Waals surface area contributed by atoms with Crippen LogP contribution in [0.2, 0.25) is 10.0 Å². The number of hydrogen-bond donors (Lipinski definition) is 2. The van der Waals surface area contributed by atoms with Crippen LogP contribution in [0.25, 0.3) is 0 Å². The van der Waals surface area contributed by atoms with Gasteiger partial charge in [-0.15, -0.1) is 11.3 Å². The lowest BCUT2D eigenvalue weighted by molar-refractivity contribution is -0.119. The van der Waals surface area contributed by atoms with Gasteiger partial charge in [-0.3, -0.25) is 9.59 Å². The van der Waals surface area contributed by atoms with E-state index in [1.807, 2.05) is 0 Å². The zero-order valence-electron chi connectivity index (χ0n) is 18.2. The second-order valence-electron chi connectivity index (χ2n) is 6.71. The highest BCUT2D eigenvalue weighted by Gasteiger charge is 2.21. The summed E-state index contributed by atoms with van der Waals surface area (Å²) in [6, 6.07) is 6.14. The van der Waals surface area contributed by atoms with Gasteiger partial charge in [-0.25, -0.2) is 9.78 Å². The standard InChI is InChI=1S/C22H19Cl2N3O6S/c1-11-13(23)9-25-20(18(11)24)27-17(28)10-33-22(30)12-7-14(19(32-3)15(8-12)31-2)26-21(29)16-5-4-6-34-16/h4-9H,10H2,1-3H3,(H,26,29)(H,25,27,28). The Morgan fingerprint density at radius 3 is 2.53 bits per heavy atom. The molecule has 34 heavy (non-hydrogen) atoms. The van der Waals surface area contributed by atoms with Crippen LogP contribution in [-0.2, 0) is 9.53 Å². The van der Waals surface area contributed by atoms with Crippen molar-refractivity contribution < 1.29 is 28.6 Å². The smallest absolute Gasteiger partial charge is 0.338 e. The predicted molar refractivity (Wildman–Crippen MR) is 130 cm³/mol. The molecule has 0 aliphatic carbocycles. The summed E-state index contributed by atoms with van der Waals surface area (Å²) in [7, 11) is 2.79. The van der Waals surface area contributed by atoms with Gasteiger partial charge in [0.05, 0.1) is 40.4 Å². The number of nitrogens with zero attached hydrogens (tertiary/aromatic N) is 1. The van der Waals surface area contributed by atoms with Crippen LogP contribution in [0.3, 0.4) is 0 Å². The first-order valence-corrected chi connectivity index (χ1v) is 11.3. The summed E-state index contributed by atoms with van der Waals surface area (Å²) in [6.45, 7) is 1.07. The number of pyridine rings is 1. The van der Waals surface area contributed by atoms with Crippen molar-refractivity contribution in [3.8, 4) is 11.5 Å². The van der Waals surface area contributed by atoms with E-state index in [-0.39, 0.29) is 39.5 Å². The summed E-state index contributed by atoms with van der Waals surface area (Å²) in [5.74, 6) is -1.36. The molecule has 12 heteroatoms. The van der Waals surface area contributed by atoms with E-state index in [9.17, 15) is 14.4 Å². The van der Waals surface area contributed by atoms with Crippen molar-refractivity contribution in [2.45, 2.75) is 6.92 Å². The van der Waals surface area contributed by atoms with Crippen LogP contribution in [0.4, 0.5) is 11.5 Å². The van der Waals surface area contributed by atoms with Crippen LogP contribution in [0.15, 0.2) is 35.8 Å². The molecular weight excluding hydrogens is 505 g/mol. The van der Waals surface area contributed by atoms with Gasteiger partial charge in [0.15, 0.2) is 23.9 Å². The Bertz CT molecular complexity index is 1230. The summed E-state index contributed by atoms with van der Waals surface area (Å²) >= 11 is 13.3. The number of esters is 1. The Morgan fingerprint density at radius 2 is 1.88 bits per heavy atom. The first-order chi connectivity index (χ1) is 16.2. The molecule has 3 rings (SSSR count). The van der Waals surface area contributed by atoms with Gasteiger partial charge in [-0.1, -0.05) is 29.3 Å². The number of hydrogen-bond acceptors (Lipinski definition) is 8. The van der Waals surface area contributed by atoms with E-state index in [0.717, 1.165) is 0 Å². The molecule has 0 bridgehead atoms. The number of rotatable bonds is 8.